The van der Waals surface area contributed by atoms with Gasteiger partial charge in [0.25, 0.3) is 0 Å². The van der Waals surface area contributed by atoms with E-state index in [0.717, 1.165) is 26.8 Å². The first-order valence-electron chi connectivity index (χ1n) is 7.00. The molecule has 0 amide bonds. The number of fused-ring (bicyclic) bond motifs is 2. The van der Waals surface area contributed by atoms with Crippen LogP contribution in [0.25, 0.3) is 42.6 Å². The van der Waals surface area contributed by atoms with E-state index in [1.165, 1.54) is 0 Å². The van der Waals surface area contributed by atoms with Crippen LogP contribution in [-0.4, -0.2) is 0 Å². The summed E-state index contributed by atoms with van der Waals surface area (Å²) >= 11 is 0. The smallest absolute Gasteiger partial charge is 0.193 e. The Hall–Kier alpha value is -3.61. The van der Waals surface area contributed by atoms with Crippen molar-refractivity contribution in [1.82, 2.24) is 0 Å². The highest BCUT2D eigenvalue weighted by molar-refractivity contribution is 5.98. The van der Waals surface area contributed by atoms with Gasteiger partial charge in [0.05, 0.1) is 11.3 Å². The number of rotatable bonds is 0. The second kappa shape index (κ2) is 5.64. The van der Waals surface area contributed by atoms with E-state index in [9.17, 15) is 0 Å². The number of hydrogen-bond donors (Lipinski definition) is 0. The Morgan fingerprint density at radius 2 is 1.35 bits per heavy atom. The maximum atomic E-state index is 9.02. The van der Waals surface area contributed by atoms with Crippen LogP contribution in [0.15, 0.2) is 48.5 Å². The second-order valence-corrected chi connectivity index (χ2v) is 5.26. The zero-order valence-electron chi connectivity index (χ0n) is 12.5. The lowest BCUT2D eigenvalue weighted by molar-refractivity contribution is 1.50. The summed E-state index contributed by atoms with van der Waals surface area (Å²) in [5.74, 6) is 0.0848. The van der Waals surface area contributed by atoms with Gasteiger partial charge in [0.15, 0.2) is 0 Å². The Morgan fingerprint density at radius 3 is 1.87 bits per heavy atom. The molecule has 3 nitrogen and oxygen atoms in total. The van der Waals surface area contributed by atoms with E-state index in [-0.39, 0.29) is 5.82 Å². The number of hydrogen-bond acceptors (Lipinski definition) is 1. The highest BCUT2D eigenvalue weighted by Crippen LogP contribution is 2.21. The van der Waals surface area contributed by atoms with Gasteiger partial charge in [-0.3, -0.25) is 0 Å². The third-order valence-electron chi connectivity index (χ3n) is 3.87. The molecule has 0 aliphatic carbocycles. The highest BCUT2D eigenvalue weighted by atomic mass is 14.9. The molecule has 3 aromatic rings. The quantitative estimate of drug-likeness (QED) is 0.460. The Bertz CT molecular complexity index is 1180. The molecule has 0 heterocycles. The fraction of sp³-hybridized carbons (Fsp3) is 0.0500. The predicted octanol–water partition coefficient (Wildman–Crippen LogP) is 3.59. The van der Waals surface area contributed by atoms with Crippen molar-refractivity contribution in [2.75, 3.05) is 0 Å². The largest absolute Gasteiger partial charge is 0.526 e. The minimum absolute atomic E-state index is 0.0848. The van der Waals surface area contributed by atoms with E-state index in [4.69, 9.17) is 18.4 Å². The van der Waals surface area contributed by atoms with E-state index < -0.39 is 0 Å². The van der Waals surface area contributed by atoms with E-state index in [0.29, 0.717) is 10.8 Å². The molecule has 0 N–H and O–H groups in total. The van der Waals surface area contributed by atoms with Gasteiger partial charge in [-0.15, -0.1) is 0 Å². The summed E-state index contributed by atoms with van der Waals surface area (Å²) in [7, 11) is 0. The summed E-state index contributed by atoms with van der Waals surface area (Å²) in [5.41, 5.74) is 0.690. The number of nitriles is 1. The van der Waals surface area contributed by atoms with E-state index in [1.54, 1.807) is 13.0 Å². The van der Waals surface area contributed by atoms with Gasteiger partial charge in [0.1, 0.15) is 13.1 Å². The van der Waals surface area contributed by atoms with Crippen LogP contribution in [0.1, 0.15) is 6.92 Å². The van der Waals surface area contributed by atoms with Gasteiger partial charge in [-0.05, 0) is 58.0 Å². The van der Waals surface area contributed by atoms with Crippen LogP contribution in [0, 0.1) is 24.5 Å². The predicted molar refractivity (Wildman–Crippen MR) is 92.0 cm³/mol. The molecule has 0 saturated carbocycles. The maximum Gasteiger partial charge on any atom is 0.526 e. The zero-order valence-corrected chi connectivity index (χ0v) is 12.5. The molecule has 3 heteroatoms. The molecule has 23 heavy (non-hydrogen) atoms. The average molecular weight is 293 g/mol. The summed E-state index contributed by atoms with van der Waals surface area (Å²) < 4.78 is 0. The van der Waals surface area contributed by atoms with E-state index >= 15 is 0 Å². The van der Waals surface area contributed by atoms with Gasteiger partial charge >= 0.3 is 5.82 Å². The summed E-state index contributed by atoms with van der Waals surface area (Å²) in [6.07, 6.45) is 0. The Morgan fingerprint density at radius 1 is 0.826 bits per heavy atom. The van der Waals surface area contributed by atoms with E-state index in [1.807, 2.05) is 36.4 Å². The van der Waals surface area contributed by atoms with Gasteiger partial charge in [-0.1, -0.05) is 24.3 Å². The minimum atomic E-state index is 0.0848. The molecule has 0 aliphatic rings. The Labute approximate surface area is 133 Å². The van der Waals surface area contributed by atoms with Gasteiger partial charge < -0.3 is 0 Å². The van der Waals surface area contributed by atoms with Crippen molar-refractivity contribution < 1.29 is 0 Å². The number of nitrogens with zero attached hydrogens (tertiary/aromatic N) is 3. The van der Waals surface area contributed by atoms with Crippen LogP contribution in [0.4, 0.5) is 0 Å². The third-order valence-corrected chi connectivity index (χ3v) is 3.87. The molecule has 0 saturated heterocycles. The van der Waals surface area contributed by atoms with Crippen molar-refractivity contribution >= 4 is 32.9 Å². The van der Waals surface area contributed by atoms with Crippen molar-refractivity contribution in [2.24, 2.45) is 0 Å². The molecule has 0 bridgehead atoms. The SMILES string of the molecule is [C-]#[N+]C([N+]#[C-])=c1ccc2cc3c/c(=C(\C)C#N)ccc3cc2c1. The fourth-order valence-electron chi connectivity index (χ4n) is 2.59. The molecule has 3 aromatic carbocycles. The molecule has 0 spiro atoms. The Kier molecular flexibility index (Phi) is 3.52. The molecule has 106 valence electrons. The van der Waals surface area contributed by atoms with Gasteiger partial charge in [-0.2, -0.15) is 15.0 Å². The minimum Gasteiger partial charge on any atom is -0.193 e. The lowest BCUT2D eigenvalue weighted by Gasteiger charge is -2.02. The molecule has 0 aromatic heterocycles. The van der Waals surface area contributed by atoms with Gasteiger partial charge in [0.2, 0.25) is 0 Å². The summed E-state index contributed by atoms with van der Waals surface area (Å²) in [6.45, 7) is 15.9. The van der Waals surface area contributed by atoms with Gasteiger partial charge in [0, 0.05) is 5.57 Å². The summed E-state index contributed by atoms with van der Waals surface area (Å²) in [4.78, 5) is 6.53. The van der Waals surface area contributed by atoms with Crippen LogP contribution >= 0.6 is 0 Å². The van der Waals surface area contributed by atoms with Crippen molar-refractivity contribution in [3.8, 4) is 6.07 Å². The molecular formula is C20H11N3. The third kappa shape index (κ3) is 2.51. The second-order valence-electron chi connectivity index (χ2n) is 5.26. The van der Waals surface area contributed by atoms with Crippen LogP contribution in [0.3, 0.4) is 0 Å². The first-order chi connectivity index (χ1) is 11.2. The summed E-state index contributed by atoms with van der Waals surface area (Å²) in [6, 6.07) is 17.8. The first-order valence-corrected chi connectivity index (χ1v) is 7.00. The molecule has 3 rings (SSSR count). The van der Waals surface area contributed by atoms with Crippen LogP contribution < -0.4 is 10.4 Å². The molecule has 0 unspecified atom stereocenters. The standard InChI is InChI=1S/C20H11N3/c1-13(12-21)14-4-5-15-10-19-11-17(20(22-2)23-3)7-6-16(19)9-18(15)8-14/h4-11H,1H3/b14-13+. The summed E-state index contributed by atoms with van der Waals surface area (Å²) in [5, 5.41) is 14.8. The van der Waals surface area contributed by atoms with Crippen LogP contribution in [-0.2, 0) is 0 Å². The fourth-order valence-corrected chi connectivity index (χ4v) is 2.59. The molecule has 0 fully saturated rings. The van der Waals surface area contributed by atoms with Crippen LogP contribution in [0.5, 0.6) is 0 Å². The molecule has 0 radical (unpaired) electrons. The van der Waals surface area contributed by atoms with Gasteiger partial charge in [-0.25, -0.2) is 0 Å². The van der Waals surface area contributed by atoms with Crippen LogP contribution in [0.2, 0.25) is 0 Å². The normalized spacial score (nSPS) is 11.4. The number of benzene rings is 3. The highest BCUT2D eigenvalue weighted by Gasteiger charge is 2.05. The van der Waals surface area contributed by atoms with Crippen molar-refractivity contribution in [1.29, 1.82) is 5.26 Å². The Balaban J connectivity index is 2.37. The first kappa shape index (κ1) is 14.3. The monoisotopic (exact) mass is 293 g/mol. The zero-order chi connectivity index (χ0) is 16.4. The maximum absolute atomic E-state index is 9.02. The topological polar surface area (TPSA) is 32.5 Å². The van der Waals surface area contributed by atoms with Crippen molar-refractivity contribution in [2.45, 2.75) is 6.92 Å². The molecule has 0 atom stereocenters. The average Bonchev–Trinajstić information content (AvgIpc) is 2.59. The lowest BCUT2D eigenvalue weighted by atomic mass is 10.0. The van der Waals surface area contributed by atoms with Crippen molar-refractivity contribution in [3.63, 3.8) is 0 Å². The van der Waals surface area contributed by atoms with E-state index in [2.05, 4.69) is 21.8 Å². The molecule has 0 aliphatic heterocycles. The molecular weight excluding hydrogens is 282 g/mol. The van der Waals surface area contributed by atoms with Crippen molar-refractivity contribution in [3.05, 3.63) is 81.8 Å². The lowest BCUT2D eigenvalue weighted by Crippen LogP contribution is -2.03.